The zero-order valence-electron chi connectivity index (χ0n) is 11.7. The first-order valence-electron chi connectivity index (χ1n) is 6.78. The number of carboxylic acids is 1. The van der Waals surface area contributed by atoms with E-state index in [9.17, 15) is 4.79 Å². The molecule has 1 aromatic rings. The summed E-state index contributed by atoms with van der Waals surface area (Å²) in [5, 5.41) is 8.67. The van der Waals surface area contributed by atoms with Crippen molar-refractivity contribution in [2.45, 2.75) is 25.9 Å². The smallest absolute Gasteiger partial charge is 0.303 e. The predicted molar refractivity (Wildman–Crippen MR) is 80.4 cm³/mol. The second-order valence-electron chi connectivity index (χ2n) is 5.01. The molecule has 5 heteroatoms. The zero-order valence-corrected chi connectivity index (χ0v) is 12.6. The van der Waals surface area contributed by atoms with Gasteiger partial charge in [-0.25, -0.2) is 0 Å². The highest BCUT2D eigenvalue weighted by Gasteiger charge is 2.22. The molecule has 20 heavy (non-hydrogen) atoms. The molecule has 1 heterocycles. The van der Waals surface area contributed by atoms with Crippen LogP contribution in [0.15, 0.2) is 24.3 Å². The van der Waals surface area contributed by atoms with E-state index in [-0.39, 0.29) is 24.9 Å². The van der Waals surface area contributed by atoms with Crippen molar-refractivity contribution in [1.82, 2.24) is 4.90 Å². The quantitative estimate of drug-likeness (QED) is 0.908. The van der Waals surface area contributed by atoms with Crippen molar-refractivity contribution in [3.8, 4) is 0 Å². The van der Waals surface area contributed by atoms with Crippen LogP contribution in [0, 0.1) is 6.92 Å². The summed E-state index contributed by atoms with van der Waals surface area (Å²) >= 11 is 0. The molecule has 2 rings (SSSR count). The van der Waals surface area contributed by atoms with Crippen LogP contribution in [-0.2, 0) is 9.53 Å². The number of morpholine rings is 1. The van der Waals surface area contributed by atoms with Gasteiger partial charge in [0.25, 0.3) is 0 Å². The Morgan fingerprint density at radius 2 is 2.20 bits per heavy atom. The molecule has 1 aliphatic heterocycles. The summed E-state index contributed by atoms with van der Waals surface area (Å²) in [5.41, 5.74) is 2.49. The van der Waals surface area contributed by atoms with Crippen LogP contribution in [-0.4, -0.2) is 42.2 Å². The highest BCUT2D eigenvalue weighted by Crippen LogP contribution is 2.24. The van der Waals surface area contributed by atoms with Gasteiger partial charge in [-0.2, -0.15) is 0 Å². The minimum atomic E-state index is -0.719. The molecule has 0 aliphatic carbocycles. The Morgan fingerprint density at radius 1 is 1.45 bits per heavy atom. The molecule has 0 bridgehead atoms. The number of hydrogen-bond acceptors (Lipinski definition) is 3. The Morgan fingerprint density at radius 3 is 2.90 bits per heavy atom. The van der Waals surface area contributed by atoms with Crippen LogP contribution < -0.4 is 0 Å². The Bertz CT molecular complexity index is 439. The first kappa shape index (κ1) is 17.0. The number of rotatable bonds is 5. The molecular weight excluding hydrogens is 278 g/mol. The summed E-state index contributed by atoms with van der Waals surface area (Å²) in [6, 6.07) is 8.28. The summed E-state index contributed by atoms with van der Waals surface area (Å²) in [4.78, 5) is 12.8. The molecule has 0 amide bonds. The molecule has 112 valence electrons. The van der Waals surface area contributed by atoms with Gasteiger partial charge in [0.15, 0.2) is 0 Å². The fraction of sp³-hybridized carbons (Fsp3) is 0.533. The molecule has 0 aromatic heterocycles. The van der Waals surface area contributed by atoms with Gasteiger partial charge in [0.05, 0.1) is 12.7 Å². The molecule has 0 spiro atoms. The number of ether oxygens (including phenoxy) is 1. The van der Waals surface area contributed by atoms with Gasteiger partial charge < -0.3 is 9.84 Å². The average Bonchev–Trinajstić information content (AvgIpc) is 2.39. The average molecular weight is 300 g/mol. The molecule has 0 radical (unpaired) electrons. The van der Waals surface area contributed by atoms with Crippen LogP contribution in [0.5, 0.6) is 0 Å². The van der Waals surface area contributed by atoms with Crippen LogP contribution >= 0.6 is 12.4 Å². The van der Waals surface area contributed by atoms with E-state index < -0.39 is 5.97 Å². The monoisotopic (exact) mass is 299 g/mol. The van der Waals surface area contributed by atoms with Crippen molar-refractivity contribution in [2.24, 2.45) is 0 Å². The molecule has 1 fully saturated rings. The van der Waals surface area contributed by atoms with Crippen molar-refractivity contribution < 1.29 is 14.6 Å². The van der Waals surface area contributed by atoms with Crippen molar-refractivity contribution in [3.63, 3.8) is 0 Å². The molecular formula is C15H22ClNO3. The molecule has 1 aliphatic rings. The van der Waals surface area contributed by atoms with Gasteiger partial charge in [0.2, 0.25) is 0 Å². The molecule has 4 nitrogen and oxygen atoms in total. The van der Waals surface area contributed by atoms with Crippen molar-refractivity contribution in [3.05, 3.63) is 35.4 Å². The molecule has 1 unspecified atom stereocenters. The van der Waals surface area contributed by atoms with Crippen LogP contribution in [0.3, 0.4) is 0 Å². The first-order chi connectivity index (χ1) is 9.16. The van der Waals surface area contributed by atoms with E-state index >= 15 is 0 Å². The number of benzene rings is 1. The van der Waals surface area contributed by atoms with Gasteiger partial charge in [-0.15, -0.1) is 12.4 Å². The SMILES string of the molecule is Cc1ccccc1C1CN(CCCC(=O)O)CCO1.Cl. The number of carboxylic acid groups (broad SMARTS) is 1. The van der Waals surface area contributed by atoms with Gasteiger partial charge in [0.1, 0.15) is 0 Å². The first-order valence-corrected chi connectivity index (χ1v) is 6.78. The summed E-state index contributed by atoms with van der Waals surface area (Å²) in [6.45, 7) is 5.39. The number of halogens is 1. The van der Waals surface area contributed by atoms with Gasteiger partial charge >= 0.3 is 5.97 Å². The third-order valence-electron chi connectivity index (χ3n) is 3.55. The second kappa shape index (κ2) is 8.25. The number of aryl methyl sites for hydroxylation is 1. The van der Waals surface area contributed by atoms with Gasteiger partial charge in [-0.1, -0.05) is 24.3 Å². The molecule has 1 N–H and O–H groups in total. The maximum atomic E-state index is 10.5. The lowest BCUT2D eigenvalue weighted by molar-refractivity contribution is -0.137. The van der Waals surface area contributed by atoms with E-state index in [2.05, 4.69) is 24.0 Å². The van der Waals surface area contributed by atoms with E-state index in [1.807, 2.05) is 12.1 Å². The lowest BCUT2D eigenvalue weighted by Gasteiger charge is -2.33. The Kier molecular flexibility index (Phi) is 6.99. The molecule has 1 aromatic carbocycles. The molecule has 1 saturated heterocycles. The van der Waals surface area contributed by atoms with Gasteiger partial charge in [-0.05, 0) is 31.0 Å². The van der Waals surface area contributed by atoms with E-state index in [1.165, 1.54) is 11.1 Å². The maximum Gasteiger partial charge on any atom is 0.303 e. The number of aliphatic carboxylic acids is 1. The standard InChI is InChI=1S/C15H21NO3.ClH/c1-12-5-2-3-6-13(12)14-11-16(9-10-19-14)8-4-7-15(17)18;/h2-3,5-6,14H,4,7-11H2,1H3,(H,17,18);1H. The number of hydrogen-bond donors (Lipinski definition) is 1. The van der Waals surface area contributed by atoms with E-state index in [1.54, 1.807) is 0 Å². The Hall–Kier alpha value is -1.10. The van der Waals surface area contributed by atoms with Crippen molar-refractivity contribution in [2.75, 3.05) is 26.2 Å². The fourth-order valence-electron chi connectivity index (χ4n) is 2.50. The minimum Gasteiger partial charge on any atom is -0.481 e. The molecule has 1 atom stereocenters. The Labute approximate surface area is 126 Å². The van der Waals surface area contributed by atoms with Crippen LogP contribution in [0.25, 0.3) is 0 Å². The third kappa shape index (κ3) is 4.78. The summed E-state index contributed by atoms with van der Waals surface area (Å²) in [6.07, 6.45) is 1.06. The lowest BCUT2D eigenvalue weighted by atomic mass is 10.0. The van der Waals surface area contributed by atoms with Gasteiger partial charge in [0, 0.05) is 19.5 Å². The van der Waals surface area contributed by atoms with E-state index in [4.69, 9.17) is 9.84 Å². The van der Waals surface area contributed by atoms with Crippen LogP contribution in [0.2, 0.25) is 0 Å². The van der Waals surface area contributed by atoms with E-state index in [0.717, 1.165) is 19.6 Å². The predicted octanol–water partition coefficient (Wildman–Crippen LogP) is 2.65. The fourth-order valence-corrected chi connectivity index (χ4v) is 2.50. The summed E-state index contributed by atoms with van der Waals surface area (Å²) < 4.78 is 5.84. The van der Waals surface area contributed by atoms with Crippen molar-refractivity contribution in [1.29, 1.82) is 0 Å². The van der Waals surface area contributed by atoms with E-state index in [0.29, 0.717) is 13.0 Å². The highest BCUT2D eigenvalue weighted by molar-refractivity contribution is 5.85. The maximum absolute atomic E-state index is 10.5. The van der Waals surface area contributed by atoms with Crippen LogP contribution in [0.4, 0.5) is 0 Å². The van der Waals surface area contributed by atoms with Crippen LogP contribution in [0.1, 0.15) is 30.1 Å². The minimum absolute atomic E-state index is 0. The largest absolute Gasteiger partial charge is 0.481 e. The normalized spacial score (nSPS) is 19.4. The van der Waals surface area contributed by atoms with Crippen molar-refractivity contribution >= 4 is 18.4 Å². The highest BCUT2D eigenvalue weighted by atomic mass is 35.5. The molecule has 0 saturated carbocycles. The number of carbonyl (C=O) groups is 1. The Balaban J connectivity index is 0.00000200. The van der Waals surface area contributed by atoms with Gasteiger partial charge in [-0.3, -0.25) is 9.69 Å². The third-order valence-corrected chi connectivity index (χ3v) is 3.55. The second-order valence-corrected chi connectivity index (χ2v) is 5.01. The summed E-state index contributed by atoms with van der Waals surface area (Å²) in [7, 11) is 0. The summed E-state index contributed by atoms with van der Waals surface area (Å²) in [5.74, 6) is -0.719. The number of nitrogens with zero attached hydrogens (tertiary/aromatic N) is 1. The lowest BCUT2D eigenvalue weighted by Crippen LogP contribution is -2.39. The topological polar surface area (TPSA) is 49.8 Å². The zero-order chi connectivity index (χ0) is 13.7.